The highest BCUT2D eigenvalue weighted by atomic mass is 16.5. The van der Waals surface area contributed by atoms with Gasteiger partial charge >= 0.3 is 0 Å². The SMILES string of the molecule is CCCCC[C@H]1CC[C@H](CO[C@H]2CC[C@H](C)CC2)CC1. The maximum absolute atomic E-state index is 6.20. The van der Waals surface area contributed by atoms with Gasteiger partial charge in [0.15, 0.2) is 0 Å². The fraction of sp³-hybridized carbons (Fsp3) is 1.00. The van der Waals surface area contributed by atoms with Gasteiger partial charge in [-0.25, -0.2) is 0 Å². The summed E-state index contributed by atoms with van der Waals surface area (Å²) >= 11 is 0. The molecule has 0 aromatic heterocycles. The molecule has 2 rings (SSSR count). The third kappa shape index (κ3) is 5.76. The van der Waals surface area contributed by atoms with Crippen LogP contribution in [0.2, 0.25) is 0 Å². The molecular weight excluding hydrogens is 244 g/mol. The zero-order valence-corrected chi connectivity index (χ0v) is 13.9. The molecule has 0 aromatic carbocycles. The van der Waals surface area contributed by atoms with Crippen molar-refractivity contribution in [3.63, 3.8) is 0 Å². The number of hydrogen-bond acceptors (Lipinski definition) is 1. The molecule has 2 aliphatic carbocycles. The first-order valence-corrected chi connectivity index (χ1v) is 9.39. The van der Waals surface area contributed by atoms with Crippen LogP contribution in [-0.2, 0) is 4.74 Å². The fourth-order valence-electron chi connectivity index (χ4n) is 4.04. The van der Waals surface area contributed by atoms with Crippen LogP contribution >= 0.6 is 0 Å². The summed E-state index contributed by atoms with van der Waals surface area (Å²) in [5, 5.41) is 0. The molecule has 0 heterocycles. The lowest BCUT2D eigenvalue weighted by Crippen LogP contribution is -2.25. The van der Waals surface area contributed by atoms with E-state index in [0.29, 0.717) is 6.10 Å². The average molecular weight is 280 g/mol. The van der Waals surface area contributed by atoms with Crippen LogP contribution in [0, 0.1) is 17.8 Å². The Balaban J connectivity index is 1.53. The number of hydrogen-bond donors (Lipinski definition) is 0. The largest absolute Gasteiger partial charge is 0.378 e. The van der Waals surface area contributed by atoms with E-state index in [2.05, 4.69) is 13.8 Å². The molecular formula is C19H36O. The lowest BCUT2D eigenvalue weighted by Gasteiger charge is -2.31. The van der Waals surface area contributed by atoms with E-state index in [9.17, 15) is 0 Å². The predicted molar refractivity (Wildman–Crippen MR) is 87.0 cm³/mol. The molecule has 1 heteroatoms. The van der Waals surface area contributed by atoms with Gasteiger partial charge in [-0.2, -0.15) is 0 Å². The van der Waals surface area contributed by atoms with Crippen molar-refractivity contribution in [2.45, 2.75) is 97.0 Å². The lowest BCUT2D eigenvalue weighted by atomic mass is 9.80. The zero-order chi connectivity index (χ0) is 14.2. The molecule has 20 heavy (non-hydrogen) atoms. The van der Waals surface area contributed by atoms with E-state index in [1.54, 1.807) is 0 Å². The van der Waals surface area contributed by atoms with Crippen LogP contribution in [0.5, 0.6) is 0 Å². The van der Waals surface area contributed by atoms with Gasteiger partial charge < -0.3 is 4.74 Å². The molecule has 2 fully saturated rings. The summed E-state index contributed by atoms with van der Waals surface area (Å²) in [5.74, 6) is 2.85. The zero-order valence-electron chi connectivity index (χ0n) is 13.9. The molecule has 0 radical (unpaired) electrons. The highest BCUT2D eigenvalue weighted by Gasteiger charge is 2.23. The maximum Gasteiger partial charge on any atom is 0.0575 e. The summed E-state index contributed by atoms with van der Waals surface area (Å²) < 4.78 is 6.20. The molecule has 0 atom stereocenters. The van der Waals surface area contributed by atoms with Gasteiger partial charge in [0.05, 0.1) is 6.10 Å². The van der Waals surface area contributed by atoms with E-state index in [0.717, 1.165) is 24.4 Å². The van der Waals surface area contributed by atoms with Crippen LogP contribution in [0.3, 0.4) is 0 Å². The Kier molecular flexibility index (Phi) is 7.41. The van der Waals surface area contributed by atoms with Crippen molar-refractivity contribution in [1.29, 1.82) is 0 Å². The highest BCUT2D eigenvalue weighted by molar-refractivity contribution is 4.74. The summed E-state index contributed by atoms with van der Waals surface area (Å²) in [4.78, 5) is 0. The quantitative estimate of drug-likeness (QED) is 0.522. The van der Waals surface area contributed by atoms with Crippen LogP contribution in [0.25, 0.3) is 0 Å². The smallest absolute Gasteiger partial charge is 0.0575 e. The van der Waals surface area contributed by atoms with Gasteiger partial charge in [-0.05, 0) is 56.3 Å². The molecule has 2 saturated carbocycles. The van der Waals surface area contributed by atoms with Crippen molar-refractivity contribution in [1.82, 2.24) is 0 Å². The summed E-state index contributed by atoms with van der Waals surface area (Å²) in [6.07, 6.45) is 17.5. The van der Waals surface area contributed by atoms with Gasteiger partial charge in [-0.3, -0.25) is 0 Å². The van der Waals surface area contributed by atoms with Crippen molar-refractivity contribution in [2.24, 2.45) is 17.8 Å². The Bertz CT molecular complexity index is 234. The van der Waals surface area contributed by atoms with Gasteiger partial charge in [-0.1, -0.05) is 52.4 Å². The van der Waals surface area contributed by atoms with Crippen LogP contribution in [0.4, 0.5) is 0 Å². The second-order valence-corrected chi connectivity index (χ2v) is 7.60. The average Bonchev–Trinajstić information content (AvgIpc) is 2.48. The topological polar surface area (TPSA) is 9.23 Å². The monoisotopic (exact) mass is 280 g/mol. The van der Waals surface area contributed by atoms with E-state index in [1.807, 2.05) is 0 Å². The van der Waals surface area contributed by atoms with Crippen molar-refractivity contribution < 1.29 is 4.74 Å². The number of ether oxygens (including phenoxy) is 1. The summed E-state index contributed by atoms with van der Waals surface area (Å²) in [5.41, 5.74) is 0. The number of rotatable bonds is 7. The maximum atomic E-state index is 6.20. The summed E-state index contributed by atoms with van der Waals surface area (Å²) in [7, 11) is 0. The molecule has 0 saturated heterocycles. The molecule has 0 bridgehead atoms. The lowest BCUT2D eigenvalue weighted by molar-refractivity contribution is -0.00841. The first kappa shape index (κ1) is 16.3. The van der Waals surface area contributed by atoms with Crippen molar-refractivity contribution in [2.75, 3.05) is 6.61 Å². The Morgan fingerprint density at radius 1 is 0.800 bits per heavy atom. The second-order valence-electron chi connectivity index (χ2n) is 7.60. The van der Waals surface area contributed by atoms with Crippen LogP contribution in [0.1, 0.15) is 90.9 Å². The molecule has 1 nitrogen and oxygen atoms in total. The molecule has 0 unspecified atom stereocenters. The van der Waals surface area contributed by atoms with Gasteiger partial charge in [-0.15, -0.1) is 0 Å². The highest BCUT2D eigenvalue weighted by Crippen LogP contribution is 2.33. The van der Waals surface area contributed by atoms with Crippen LogP contribution < -0.4 is 0 Å². The molecule has 118 valence electrons. The minimum Gasteiger partial charge on any atom is -0.378 e. The van der Waals surface area contributed by atoms with Crippen molar-refractivity contribution in [3.05, 3.63) is 0 Å². The number of unbranched alkanes of at least 4 members (excludes halogenated alkanes) is 2. The fourth-order valence-corrected chi connectivity index (χ4v) is 4.04. The first-order valence-electron chi connectivity index (χ1n) is 9.39. The van der Waals surface area contributed by atoms with Crippen LogP contribution in [0.15, 0.2) is 0 Å². The predicted octanol–water partition coefficient (Wildman–Crippen LogP) is 5.97. The molecule has 0 aromatic rings. The molecule has 0 N–H and O–H groups in total. The van der Waals surface area contributed by atoms with Gasteiger partial charge in [0.1, 0.15) is 0 Å². The normalized spacial score (nSPS) is 35.1. The Hall–Kier alpha value is -0.0400. The third-order valence-corrected chi connectivity index (χ3v) is 5.71. The standard InChI is InChI=1S/C19H36O/c1-3-4-5-6-17-9-11-18(12-10-17)15-20-19-13-7-16(2)8-14-19/h16-19H,3-15H2,1-2H3/t16-,17-,18-,19-. The molecule has 0 spiro atoms. The van der Waals surface area contributed by atoms with E-state index in [4.69, 9.17) is 4.74 Å². The van der Waals surface area contributed by atoms with Gasteiger partial charge in [0.25, 0.3) is 0 Å². The molecule has 0 amide bonds. The van der Waals surface area contributed by atoms with Crippen molar-refractivity contribution >= 4 is 0 Å². The van der Waals surface area contributed by atoms with Gasteiger partial charge in [0.2, 0.25) is 0 Å². The van der Waals surface area contributed by atoms with E-state index >= 15 is 0 Å². The summed E-state index contributed by atoms with van der Waals surface area (Å²) in [6, 6.07) is 0. The van der Waals surface area contributed by atoms with Gasteiger partial charge in [0, 0.05) is 6.61 Å². The summed E-state index contributed by atoms with van der Waals surface area (Å²) in [6.45, 7) is 5.75. The Labute approximate surface area is 126 Å². The Morgan fingerprint density at radius 3 is 2.10 bits per heavy atom. The second kappa shape index (κ2) is 9.07. The van der Waals surface area contributed by atoms with E-state index in [1.165, 1.54) is 77.0 Å². The first-order chi connectivity index (χ1) is 9.78. The van der Waals surface area contributed by atoms with Crippen molar-refractivity contribution in [3.8, 4) is 0 Å². The Morgan fingerprint density at radius 2 is 1.45 bits per heavy atom. The minimum atomic E-state index is 0.591. The molecule has 0 aliphatic heterocycles. The van der Waals surface area contributed by atoms with E-state index in [-0.39, 0.29) is 0 Å². The minimum absolute atomic E-state index is 0.591. The van der Waals surface area contributed by atoms with E-state index < -0.39 is 0 Å². The third-order valence-electron chi connectivity index (χ3n) is 5.71. The molecule has 2 aliphatic rings. The van der Waals surface area contributed by atoms with Crippen LogP contribution in [-0.4, -0.2) is 12.7 Å².